The molecule has 1 fully saturated rings. The largest absolute Gasteiger partial charge is 0.496 e. The number of aliphatic hydroxyl groups is 1. The zero-order valence-corrected chi connectivity index (χ0v) is 14.1. The Morgan fingerprint density at radius 1 is 1.27 bits per heavy atom. The van der Waals surface area contributed by atoms with Crippen LogP contribution in [0.15, 0.2) is 18.2 Å². The van der Waals surface area contributed by atoms with Crippen molar-refractivity contribution < 1.29 is 9.84 Å². The second kappa shape index (κ2) is 8.51. The van der Waals surface area contributed by atoms with Gasteiger partial charge in [-0.3, -0.25) is 4.90 Å². The third-order valence-electron chi connectivity index (χ3n) is 4.48. The number of rotatable bonds is 8. The molecule has 2 unspecified atom stereocenters. The summed E-state index contributed by atoms with van der Waals surface area (Å²) in [5, 5.41) is 12.6. The minimum absolute atomic E-state index is 0.225. The molecule has 0 aliphatic carbocycles. The first-order valence-electron chi connectivity index (χ1n) is 8.37. The molecule has 0 radical (unpaired) electrons. The van der Waals surface area contributed by atoms with Gasteiger partial charge in [0, 0.05) is 31.3 Å². The Morgan fingerprint density at radius 2 is 2.00 bits per heavy atom. The van der Waals surface area contributed by atoms with Crippen LogP contribution in [0, 0.1) is 5.92 Å². The first-order chi connectivity index (χ1) is 10.6. The lowest BCUT2D eigenvalue weighted by atomic mass is 10.0. The lowest BCUT2D eigenvalue weighted by Crippen LogP contribution is -2.26. The fraction of sp³-hybridized carbons (Fsp3) is 0.667. The predicted octanol–water partition coefficient (Wildman–Crippen LogP) is 2.57. The SMILES string of the molecule is COc1ccc(C(C)NCC(C)CO)cc1CN1CCCC1. The third kappa shape index (κ3) is 4.70. The summed E-state index contributed by atoms with van der Waals surface area (Å²) in [7, 11) is 1.74. The average Bonchev–Trinajstić information content (AvgIpc) is 3.05. The summed E-state index contributed by atoms with van der Waals surface area (Å²) in [6, 6.07) is 6.75. The van der Waals surface area contributed by atoms with Crippen LogP contribution in [0.25, 0.3) is 0 Å². The van der Waals surface area contributed by atoms with Gasteiger partial charge in [-0.25, -0.2) is 0 Å². The van der Waals surface area contributed by atoms with E-state index >= 15 is 0 Å². The van der Waals surface area contributed by atoms with Gasteiger partial charge in [0.1, 0.15) is 5.75 Å². The van der Waals surface area contributed by atoms with E-state index in [1.165, 1.54) is 37.1 Å². The Morgan fingerprint density at radius 3 is 2.64 bits per heavy atom. The van der Waals surface area contributed by atoms with Crippen molar-refractivity contribution in [3.8, 4) is 5.75 Å². The standard InChI is InChI=1S/C18H30N2O2/c1-14(13-21)11-19-15(2)16-6-7-18(22-3)17(10-16)12-20-8-4-5-9-20/h6-7,10,14-15,19,21H,4-5,8-9,11-13H2,1-3H3. The van der Waals surface area contributed by atoms with Crippen molar-refractivity contribution in [1.82, 2.24) is 10.2 Å². The zero-order chi connectivity index (χ0) is 15.9. The second-order valence-electron chi connectivity index (χ2n) is 6.47. The Bertz CT molecular complexity index is 458. The molecule has 1 heterocycles. The van der Waals surface area contributed by atoms with E-state index in [1.54, 1.807) is 7.11 Å². The van der Waals surface area contributed by atoms with Gasteiger partial charge in [0.15, 0.2) is 0 Å². The van der Waals surface area contributed by atoms with Crippen LogP contribution in [0.3, 0.4) is 0 Å². The summed E-state index contributed by atoms with van der Waals surface area (Å²) in [6.45, 7) is 8.62. The van der Waals surface area contributed by atoms with Crippen molar-refractivity contribution in [2.75, 3.05) is 33.4 Å². The Balaban J connectivity index is 2.04. The molecule has 4 heteroatoms. The molecule has 0 bridgehead atoms. The predicted molar refractivity (Wildman–Crippen MR) is 90.2 cm³/mol. The fourth-order valence-corrected chi connectivity index (χ4v) is 2.93. The van der Waals surface area contributed by atoms with Crippen molar-refractivity contribution >= 4 is 0 Å². The van der Waals surface area contributed by atoms with Crippen LogP contribution in [0.2, 0.25) is 0 Å². The molecule has 22 heavy (non-hydrogen) atoms. The van der Waals surface area contributed by atoms with Gasteiger partial charge < -0.3 is 15.2 Å². The van der Waals surface area contributed by atoms with Crippen molar-refractivity contribution in [1.29, 1.82) is 0 Å². The van der Waals surface area contributed by atoms with Crippen LogP contribution in [-0.2, 0) is 6.54 Å². The van der Waals surface area contributed by atoms with Gasteiger partial charge in [-0.1, -0.05) is 13.0 Å². The van der Waals surface area contributed by atoms with Gasteiger partial charge in [0.25, 0.3) is 0 Å². The van der Waals surface area contributed by atoms with Gasteiger partial charge >= 0.3 is 0 Å². The van der Waals surface area contributed by atoms with Crippen molar-refractivity contribution in [2.45, 2.75) is 39.3 Å². The highest BCUT2D eigenvalue weighted by molar-refractivity contribution is 5.38. The molecule has 0 aromatic heterocycles. The summed E-state index contributed by atoms with van der Waals surface area (Å²) in [5.41, 5.74) is 2.55. The summed E-state index contributed by atoms with van der Waals surface area (Å²) in [4.78, 5) is 2.49. The van der Waals surface area contributed by atoms with E-state index < -0.39 is 0 Å². The summed E-state index contributed by atoms with van der Waals surface area (Å²) < 4.78 is 5.53. The molecule has 1 saturated heterocycles. The van der Waals surface area contributed by atoms with E-state index in [2.05, 4.69) is 35.3 Å². The molecule has 1 aromatic carbocycles. The first kappa shape index (κ1) is 17.3. The number of methoxy groups -OCH3 is 1. The van der Waals surface area contributed by atoms with Gasteiger partial charge in [-0.2, -0.15) is 0 Å². The molecule has 2 N–H and O–H groups in total. The number of benzene rings is 1. The molecule has 0 saturated carbocycles. The number of aliphatic hydroxyl groups excluding tert-OH is 1. The summed E-state index contributed by atoms with van der Waals surface area (Å²) in [5.74, 6) is 1.26. The highest BCUT2D eigenvalue weighted by Crippen LogP contribution is 2.26. The molecule has 2 atom stereocenters. The number of nitrogens with zero attached hydrogens (tertiary/aromatic N) is 1. The molecule has 1 aliphatic rings. The third-order valence-corrected chi connectivity index (χ3v) is 4.48. The summed E-state index contributed by atoms with van der Waals surface area (Å²) >= 11 is 0. The van der Waals surface area contributed by atoms with Crippen LogP contribution < -0.4 is 10.1 Å². The second-order valence-corrected chi connectivity index (χ2v) is 6.47. The molecule has 4 nitrogen and oxygen atoms in total. The first-order valence-corrected chi connectivity index (χ1v) is 8.37. The van der Waals surface area contributed by atoms with Crippen LogP contribution in [-0.4, -0.2) is 43.4 Å². The minimum Gasteiger partial charge on any atom is -0.496 e. The number of nitrogens with one attached hydrogen (secondary N) is 1. The van der Waals surface area contributed by atoms with Crippen molar-refractivity contribution in [3.63, 3.8) is 0 Å². The van der Waals surface area contributed by atoms with Gasteiger partial charge in [0.2, 0.25) is 0 Å². The lowest BCUT2D eigenvalue weighted by Gasteiger charge is -2.21. The van der Waals surface area contributed by atoms with E-state index in [-0.39, 0.29) is 18.6 Å². The van der Waals surface area contributed by atoms with Crippen molar-refractivity contribution in [2.24, 2.45) is 5.92 Å². The van der Waals surface area contributed by atoms with E-state index in [9.17, 15) is 0 Å². The smallest absolute Gasteiger partial charge is 0.123 e. The number of hydrogen-bond donors (Lipinski definition) is 2. The molecule has 1 aliphatic heterocycles. The molecule has 1 aromatic rings. The maximum Gasteiger partial charge on any atom is 0.123 e. The molecule has 0 spiro atoms. The Labute approximate surface area is 134 Å². The van der Waals surface area contributed by atoms with Gasteiger partial charge in [0.05, 0.1) is 7.11 Å². The summed E-state index contributed by atoms with van der Waals surface area (Å²) in [6.07, 6.45) is 2.61. The molecular formula is C18H30N2O2. The van der Waals surface area contributed by atoms with Crippen LogP contribution >= 0.6 is 0 Å². The Hall–Kier alpha value is -1.10. The van der Waals surface area contributed by atoms with Gasteiger partial charge in [-0.05, 0) is 56.5 Å². The highest BCUT2D eigenvalue weighted by atomic mass is 16.5. The number of ether oxygens (including phenoxy) is 1. The van der Waals surface area contributed by atoms with E-state index in [0.717, 1.165) is 18.8 Å². The lowest BCUT2D eigenvalue weighted by molar-refractivity contribution is 0.231. The van der Waals surface area contributed by atoms with E-state index in [4.69, 9.17) is 9.84 Å². The molecule has 2 rings (SSSR count). The number of hydrogen-bond acceptors (Lipinski definition) is 4. The number of likely N-dealkylation sites (tertiary alicyclic amines) is 1. The quantitative estimate of drug-likeness (QED) is 0.775. The van der Waals surface area contributed by atoms with E-state index in [0.29, 0.717) is 0 Å². The maximum absolute atomic E-state index is 9.13. The normalized spacial score (nSPS) is 18.4. The molecule has 124 valence electrons. The average molecular weight is 306 g/mol. The molecule has 0 amide bonds. The fourth-order valence-electron chi connectivity index (χ4n) is 2.93. The topological polar surface area (TPSA) is 44.7 Å². The monoisotopic (exact) mass is 306 g/mol. The molecular weight excluding hydrogens is 276 g/mol. The maximum atomic E-state index is 9.13. The van der Waals surface area contributed by atoms with Crippen LogP contribution in [0.1, 0.15) is 43.9 Å². The van der Waals surface area contributed by atoms with Crippen LogP contribution in [0.4, 0.5) is 0 Å². The highest BCUT2D eigenvalue weighted by Gasteiger charge is 2.16. The van der Waals surface area contributed by atoms with Crippen LogP contribution in [0.5, 0.6) is 5.75 Å². The zero-order valence-electron chi connectivity index (χ0n) is 14.1. The van der Waals surface area contributed by atoms with Gasteiger partial charge in [-0.15, -0.1) is 0 Å². The minimum atomic E-state index is 0.225. The van der Waals surface area contributed by atoms with E-state index in [1.807, 2.05) is 6.92 Å². The Kier molecular flexibility index (Phi) is 6.68. The van der Waals surface area contributed by atoms with Crippen molar-refractivity contribution in [3.05, 3.63) is 29.3 Å².